The van der Waals surface area contributed by atoms with Crippen molar-refractivity contribution in [2.45, 2.75) is 35.1 Å². The van der Waals surface area contributed by atoms with Crippen molar-refractivity contribution in [2.75, 3.05) is 29.9 Å². The molecule has 0 radical (unpaired) electrons. The molecule has 0 bridgehead atoms. The molecule has 3 aromatic rings. The van der Waals surface area contributed by atoms with E-state index >= 15 is 0 Å². The molecule has 0 saturated heterocycles. The van der Waals surface area contributed by atoms with Gasteiger partial charge in [-0.3, -0.25) is 18.9 Å². The van der Waals surface area contributed by atoms with E-state index in [0.29, 0.717) is 25.8 Å². The van der Waals surface area contributed by atoms with Crippen molar-refractivity contribution in [3.8, 4) is 0 Å². The number of unbranched alkanes of at least 4 members (excludes halogenated alkanes) is 1. The molecule has 0 aromatic heterocycles. The first-order chi connectivity index (χ1) is 20.2. The number of nitrogen functional groups attached to an aromatic ring is 1. The summed E-state index contributed by atoms with van der Waals surface area (Å²) in [5.41, 5.74) is 10.4. The van der Waals surface area contributed by atoms with Crippen LogP contribution in [0.5, 0.6) is 0 Å². The normalized spacial score (nSPS) is 13.7. The highest BCUT2D eigenvalue weighted by Crippen LogP contribution is 2.40. The lowest BCUT2D eigenvalue weighted by Crippen LogP contribution is -2.30. The quantitative estimate of drug-likeness (QED) is 0.0705. The average Bonchev–Trinajstić information content (AvgIpc) is 2.95. The zero-order chi connectivity index (χ0) is 31.5. The Labute approximate surface area is 248 Å². The zero-order valence-electron chi connectivity index (χ0n) is 22.7. The predicted octanol–water partition coefficient (Wildman–Crippen LogP) is 1.98. The Bertz CT molecular complexity index is 1820. The molecule has 0 fully saturated rings. The Morgan fingerprint density at radius 3 is 2.16 bits per heavy atom. The summed E-state index contributed by atoms with van der Waals surface area (Å²) in [6.07, 6.45) is 1.49. The monoisotopic (exact) mass is 630 g/mol. The third-order valence-electron chi connectivity index (χ3n) is 6.93. The fourth-order valence-corrected chi connectivity index (χ4v) is 6.60. The highest BCUT2D eigenvalue weighted by molar-refractivity contribution is 7.91. The van der Waals surface area contributed by atoms with Crippen LogP contribution < -0.4 is 22.1 Å². The van der Waals surface area contributed by atoms with E-state index in [1.807, 2.05) is 0 Å². The van der Waals surface area contributed by atoms with Crippen LogP contribution in [0.15, 0.2) is 64.4 Å². The number of carboxylic acid groups (broad SMARTS) is 1. The standard InChI is InChI=1S/C28H30N4O9S2/c29-20(28(35)36)10-3-4-11-31-12-13-42(37,38)17-7-5-6-16(14-17)32-21-15-22(43(39,40)41)25(30)24-23(21)26(33)18-8-1-2-9-19(18)27(24)34/h1-2,5-9,14-15,20,31-32H,3-4,10-13,29-30H2,(H,35,36)(H,39,40,41)/t20-/m0/s1. The lowest BCUT2D eigenvalue weighted by atomic mass is 9.82. The molecule has 1 aliphatic rings. The van der Waals surface area contributed by atoms with Crippen LogP contribution >= 0.6 is 0 Å². The van der Waals surface area contributed by atoms with Gasteiger partial charge in [0.05, 0.1) is 33.2 Å². The van der Waals surface area contributed by atoms with Gasteiger partial charge in [-0.1, -0.05) is 36.8 Å². The highest BCUT2D eigenvalue weighted by atomic mass is 32.2. The Kier molecular flexibility index (Phi) is 9.32. The van der Waals surface area contributed by atoms with Gasteiger partial charge >= 0.3 is 5.97 Å². The molecule has 1 atom stereocenters. The van der Waals surface area contributed by atoms with E-state index in [2.05, 4.69) is 10.6 Å². The Morgan fingerprint density at radius 2 is 1.53 bits per heavy atom. The molecule has 3 aromatic carbocycles. The van der Waals surface area contributed by atoms with E-state index in [1.54, 1.807) is 6.07 Å². The molecule has 43 heavy (non-hydrogen) atoms. The van der Waals surface area contributed by atoms with Crippen molar-refractivity contribution >= 4 is 54.6 Å². The molecule has 0 heterocycles. The summed E-state index contributed by atoms with van der Waals surface area (Å²) in [5, 5.41) is 14.6. The van der Waals surface area contributed by atoms with Crippen LogP contribution in [0.2, 0.25) is 0 Å². The average molecular weight is 631 g/mol. The van der Waals surface area contributed by atoms with E-state index in [0.717, 1.165) is 6.07 Å². The lowest BCUT2D eigenvalue weighted by Gasteiger charge is -2.23. The maximum atomic E-state index is 13.5. The molecule has 0 unspecified atom stereocenters. The number of carbonyl (C=O) groups excluding carboxylic acids is 2. The molecule has 4 rings (SSSR count). The number of benzene rings is 3. The zero-order valence-corrected chi connectivity index (χ0v) is 24.4. The van der Waals surface area contributed by atoms with Gasteiger partial charge in [0.15, 0.2) is 21.4 Å². The number of nitrogens with two attached hydrogens (primary N) is 2. The summed E-state index contributed by atoms with van der Waals surface area (Å²) in [5.74, 6) is -2.64. The minimum absolute atomic E-state index is 0.0238. The number of hydrogen-bond acceptors (Lipinski definition) is 11. The maximum absolute atomic E-state index is 13.5. The van der Waals surface area contributed by atoms with E-state index in [1.165, 1.54) is 42.5 Å². The maximum Gasteiger partial charge on any atom is 0.320 e. The van der Waals surface area contributed by atoms with Crippen LogP contribution in [0.3, 0.4) is 0 Å². The van der Waals surface area contributed by atoms with Crippen LogP contribution in [-0.4, -0.2) is 68.9 Å². The third-order valence-corrected chi connectivity index (χ3v) is 9.54. The first kappa shape index (κ1) is 31.8. The molecular formula is C28H30N4O9S2. The summed E-state index contributed by atoms with van der Waals surface area (Å²) < 4.78 is 60.1. The van der Waals surface area contributed by atoms with Crippen molar-refractivity contribution in [3.05, 3.63) is 76.9 Å². The van der Waals surface area contributed by atoms with Gasteiger partial charge in [0, 0.05) is 23.4 Å². The van der Waals surface area contributed by atoms with Crippen LogP contribution in [0, 0.1) is 0 Å². The number of rotatable bonds is 13. The summed E-state index contributed by atoms with van der Waals surface area (Å²) in [4.78, 5) is 36.7. The Balaban J connectivity index is 1.57. The summed E-state index contributed by atoms with van der Waals surface area (Å²) in [6.45, 7) is 0.599. The van der Waals surface area contributed by atoms with Gasteiger partial charge in [0.25, 0.3) is 10.1 Å². The van der Waals surface area contributed by atoms with Gasteiger partial charge < -0.3 is 27.2 Å². The van der Waals surface area contributed by atoms with Crippen LogP contribution in [0.4, 0.5) is 17.1 Å². The van der Waals surface area contributed by atoms with Gasteiger partial charge in [-0.2, -0.15) is 8.42 Å². The van der Waals surface area contributed by atoms with E-state index in [4.69, 9.17) is 16.6 Å². The molecule has 228 valence electrons. The predicted molar refractivity (Wildman–Crippen MR) is 158 cm³/mol. The minimum atomic E-state index is -4.92. The number of hydrogen-bond donors (Lipinski definition) is 6. The second-order valence-corrected chi connectivity index (χ2v) is 13.4. The summed E-state index contributed by atoms with van der Waals surface area (Å²) in [7, 11) is -8.71. The molecular weight excluding hydrogens is 600 g/mol. The topological polar surface area (TPSA) is 236 Å². The minimum Gasteiger partial charge on any atom is -0.480 e. The first-order valence-corrected chi connectivity index (χ1v) is 16.2. The molecule has 15 heteroatoms. The van der Waals surface area contributed by atoms with Crippen molar-refractivity contribution in [2.24, 2.45) is 5.73 Å². The molecule has 0 saturated carbocycles. The number of nitrogens with one attached hydrogen (secondary N) is 2. The number of aliphatic carboxylic acids is 1. The van der Waals surface area contributed by atoms with Gasteiger partial charge in [0.1, 0.15) is 10.9 Å². The number of carbonyl (C=O) groups is 3. The number of sulfone groups is 1. The largest absolute Gasteiger partial charge is 0.480 e. The van der Waals surface area contributed by atoms with Gasteiger partial charge in [0.2, 0.25) is 0 Å². The molecule has 0 spiro atoms. The van der Waals surface area contributed by atoms with Crippen molar-refractivity contribution in [1.82, 2.24) is 5.32 Å². The second kappa shape index (κ2) is 12.6. The second-order valence-electron chi connectivity index (χ2n) is 9.93. The van der Waals surface area contributed by atoms with E-state index < -0.39 is 54.1 Å². The van der Waals surface area contributed by atoms with E-state index in [9.17, 15) is 35.8 Å². The lowest BCUT2D eigenvalue weighted by molar-refractivity contribution is -0.138. The molecule has 0 aliphatic heterocycles. The van der Waals surface area contributed by atoms with Gasteiger partial charge in [-0.25, -0.2) is 8.42 Å². The van der Waals surface area contributed by atoms with Crippen LogP contribution in [-0.2, 0) is 24.7 Å². The smallest absolute Gasteiger partial charge is 0.320 e. The van der Waals surface area contributed by atoms with Crippen molar-refractivity contribution in [1.29, 1.82) is 0 Å². The third kappa shape index (κ3) is 6.92. The van der Waals surface area contributed by atoms with Gasteiger partial charge in [-0.05, 0) is 43.7 Å². The van der Waals surface area contributed by atoms with Gasteiger partial charge in [-0.15, -0.1) is 0 Å². The summed E-state index contributed by atoms with van der Waals surface area (Å²) in [6, 6.07) is 11.5. The number of ketones is 2. The van der Waals surface area contributed by atoms with Crippen molar-refractivity contribution in [3.63, 3.8) is 0 Å². The number of fused-ring (bicyclic) bond motifs is 2. The fourth-order valence-electron chi connectivity index (χ4n) is 4.72. The van der Waals surface area contributed by atoms with E-state index in [-0.39, 0.29) is 50.8 Å². The molecule has 1 aliphatic carbocycles. The summed E-state index contributed by atoms with van der Waals surface area (Å²) >= 11 is 0. The fraction of sp³-hybridized carbons (Fsp3) is 0.250. The van der Waals surface area contributed by atoms with Crippen molar-refractivity contribution < 1.29 is 40.9 Å². The Morgan fingerprint density at radius 1 is 0.884 bits per heavy atom. The SMILES string of the molecule is Nc1c(S(=O)(=O)O)cc(Nc2cccc(S(=O)(=O)CCNCCCC[C@H](N)C(=O)O)c2)c2c1C(=O)c1ccccc1C2=O. The first-order valence-electron chi connectivity index (χ1n) is 13.1. The highest BCUT2D eigenvalue weighted by Gasteiger charge is 2.36. The molecule has 13 nitrogen and oxygen atoms in total. The van der Waals surface area contributed by atoms with Crippen LogP contribution in [0.25, 0.3) is 0 Å². The molecule has 8 N–H and O–H groups in total. The molecule has 0 amide bonds. The van der Waals surface area contributed by atoms with Crippen LogP contribution in [0.1, 0.15) is 51.1 Å². The Hall–Kier alpha value is -4.15. The number of anilines is 3. The number of carboxylic acids is 1.